The van der Waals surface area contributed by atoms with Crippen LogP contribution in [0.5, 0.6) is 0 Å². The molecular weight excluding hydrogens is 500 g/mol. The monoisotopic (exact) mass is 536 g/mol. The van der Waals surface area contributed by atoms with E-state index in [0.29, 0.717) is 17.0 Å². The van der Waals surface area contributed by atoms with Gasteiger partial charge in [0.2, 0.25) is 10.0 Å². The van der Waals surface area contributed by atoms with Crippen LogP contribution >= 0.6 is 0 Å². The number of β-amino-alcohol motifs (C(OH)–C–C–N with tert-alkyl or cyclic N) is 1. The largest absolute Gasteiger partial charge is 0.478 e. The number of benzene rings is 3. The number of aromatic carboxylic acids is 1. The molecule has 0 bridgehead atoms. The van der Waals surface area contributed by atoms with E-state index in [1.54, 1.807) is 30.3 Å². The Balaban J connectivity index is 1.31. The van der Waals surface area contributed by atoms with Crippen LogP contribution in [0.3, 0.4) is 0 Å². The van der Waals surface area contributed by atoms with Crippen molar-refractivity contribution in [2.75, 3.05) is 20.1 Å². The van der Waals surface area contributed by atoms with Crippen LogP contribution in [0.25, 0.3) is 11.1 Å². The second kappa shape index (κ2) is 11.4. The molecule has 4 rings (SSSR count). The molecular formula is C30H36N2O5S. The number of aliphatic hydroxyl groups excluding tert-OH is 1. The van der Waals surface area contributed by atoms with Crippen molar-refractivity contribution < 1.29 is 23.4 Å². The first kappa shape index (κ1) is 28.0. The van der Waals surface area contributed by atoms with Gasteiger partial charge < -0.3 is 15.5 Å². The van der Waals surface area contributed by atoms with Gasteiger partial charge in [-0.1, -0.05) is 48.5 Å². The van der Waals surface area contributed by atoms with Gasteiger partial charge in [-0.2, -0.15) is 4.31 Å². The fourth-order valence-electron chi connectivity index (χ4n) is 5.27. The molecule has 0 aliphatic heterocycles. The summed E-state index contributed by atoms with van der Waals surface area (Å²) in [6.07, 6.45) is 2.22. The molecule has 1 atom stereocenters. The van der Waals surface area contributed by atoms with Gasteiger partial charge in [0.25, 0.3) is 0 Å². The first-order valence-corrected chi connectivity index (χ1v) is 14.3. The van der Waals surface area contributed by atoms with Crippen LogP contribution < -0.4 is 5.32 Å². The Bertz CT molecular complexity index is 1360. The van der Waals surface area contributed by atoms with Gasteiger partial charge in [-0.3, -0.25) is 0 Å². The number of likely N-dealkylation sites (N-methyl/N-ethyl adjacent to an activating group) is 1. The lowest BCUT2D eigenvalue weighted by atomic mass is 9.88. The number of carbonyl (C=O) groups is 1. The highest BCUT2D eigenvalue weighted by Gasteiger charge is 2.29. The van der Waals surface area contributed by atoms with E-state index in [-0.39, 0.29) is 29.1 Å². The van der Waals surface area contributed by atoms with Gasteiger partial charge in [-0.15, -0.1) is 0 Å². The lowest BCUT2D eigenvalue weighted by molar-refractivity contribution is 0.0697. The molecule has 0 saturated carbocycles. The van der Waals surface area contributed by atoms with E-state index in [2.05, 4.69) is 43.4 Å². The molecule has 38 heavy (non-hydrogen) atoms. The molecule has 7 nitrogen and oxygen atoms in total. The molecule has 1 aliphatic carbocycles. The van der Waals surface area contributed by atoms with Gasteiger partial charge in [-0.05, 0) is 85.5 Å². The molecule has 0 spiro atoms. The minimum Gasteiger partial charge on any atom is -0.478 e. The van der Waals surface area contributed by atoms with Crippen LogP contribution in [-0.4, -0.2) is 60.7 Å². The van der Waals surface area contributed by atoms with E-state index in [1.807, 2.05) is 0 Å². The number of carboxylic acids is 1. The van der Waals surface area contributed by atoms with Gasteiger partial charge in [0.05, 0.1) is 16.6 Å². The van der Waals surface area contributed by atoms with Crippen LogP contribution in [0, 0.1) is 5.92 Å². The first-order valence-electron chi connectivity index (χ1n) is 12.8. The average molecular weight is 537 g/mol. The van der Waals surface area contributed by atoms with Gasteiger partial charge in [-0.25, -0.2) is 13.2 Å². The maximum atomic E-state index is 13.1. The molecule has 3 N–H and O–H groups in total. The van der Waals surface area contributed by atoms with Crippen molar-refractivity contribution in [1.82, 2.24) is 9.62 Å². The Morgan fingerprint density at radius 3 is 2.24 bits per heavy atom. The zero-order valence-corrected chi connectivity index (χ0v) is 22.9. The topological polar surface area (TPSA) is 107 Å². The Kier molecular flexibility index (Phi) is 8.37. The van der Waals surface area contributed by atoms with E-state index >= 15 is 0 Å². The van der Waals surface area contributed by atoms with Crippen LogP contribution in [0.15, 0.2) is 77.7 Å². The minimum absolute atomic E-state index is 0.0390. The number of rotatable bonds is 11. The molecule has 0 saturated heterocycles. The predicted molar refractivity (Wildman–Crippen MR) is 149 cm³/mol. The summed E-state index contributed by atoms with van der Waals surface area (Å²) in [7, 11) is -2.34. The molecule has 0 heterocycles. The van der Waals surface area contributed by atoms with Gasteiger partial charge in [0.15, 0.2) is 0 Å². The number of nitrogens with zero attached hydrogens (tertiary/aromatic N) is 1. The molecule has 202 valence electrons. The van der Waals surface area contributed by atoms with Crippen molar-refractivity contribution in [3.63, 3.8) is 0 Å². The highest BCUT2D eigenvalue weighted by atomic mass is 32.2. The van der Waals surface area contributed by atoms with E-state index < -0.39 is 22.1 Å². The highest BCUT2D eigenvalue weighted by Crippen LogP contribution is 2.32. The van der Waals surface area contributed by atoms with Crippen molar-refractivity contribution >= 4 is 16.0 Å². The molecule has 0 amide bonds. The number of nitrogens with one attached hydrogen (secondary N) is 1. The summed E-state index contributed by atoms with van der Waals surface area (Å²) in [4.78, 5) is 11.4. The molecule has 1 aliphatic rings. The summed E-state index contributed by atoms with van der Waals surface area (Å²) in [6.45, 7) is 4.49. The minimum atomic E-state index is -3.81. The molecule has 8 heteroatoms. The number of hydrogen-bond acceptors (Lipinski definition) is 5. The maximum Gasteiger partial charge on any atom is 0.335 e. The van der Waals surface area contributed by atoms with Gasteiger partial charge >= 0.3 is 5.97 Å². The number of sulfonamides is 1. The number of carboxylic acid groups (broad SMARTS) is 1. The van der Waals surface area contributed by atoms with E-state index in [9.17, 15) is 23.4 Å². The Hall–Kier alpha value is -3.04. The molecule has 0 radical (unpaired) electrons. The second-order valence-electron chi connectivity index (χ2n) is 10.9. The smallest absolute Gasteiger partial charge is 0.335 e. The zero-order chi connectivity index (χ0) is 27.5. The van der Waals surface area contributed by atoms with Crippen LogP contribution in [-0.2, 0) is 22.9 Å². The van der Waals surface area contributed by atoms with Crippen molar-refractivity contribution in [2.45, 2.75) is 49.6 Å². The predicted octanol–water partition coefficient (Wildman–Crippen LogP) is 4.21. The maximum absolute atomic E-state index is 13.1. The summed E-state index contributed by atoms with van der Waals surface area (Å²) in [5.74, 6) is -0.474. The lowest BCUT2D eigenvalue weighted by Gasteiger charge is -2.31. The zero-order valence-electron chi connectivity index (χ0n) is 22.1. The molecule has 3 aromatic carbocycles. The Morgan fingerprint density at radius 2 is 1.63 bits per heavy atom. The third-order valence-corrected chi connectivity index (χ3v) is 9.06. The Labute approximate surface area is 225 Å². The summed E-state index contributed by atoms with van der Waals surface area (Å²) in [5.41, 5.74) is 4.21. The fourth-order valence-corrected chi connectivity index (χ4v) is 6.48. The lowest BCUT2D eigenvalue weighted by Crippen LogP contribution is -2.47. The Morgan fingerprint density at radius 1 is 1.00 bits per heavy atom. The van der Waals surface area contributed by atoms with E-state index in [4.69, 9.17) is 0 Å². The van der Waals surface area contributed by atoms with Gasteiger partial charge in [0, 0.05) is 25.7 Å². The highest BCUT2D eigenvalue weighted by molar-refractivity contribution is 7.89. The number of fused-ring (bicyclic) bond motifs is 1. The third kappa shape index (κ3) is 6.69. The SMILES string of the molecule is CN(C[C@H](O)CNC(C)(C)CC1Cc2ccccc2C1)S(=O)(=O)c1ccc(-c2cccc(C(=O)O)c2)cc1. The number of aliphatic hydroxyl groups is 1. The van der Waals surface area contributed by atoms with Crippen molar-refractivity contribution in [3.8, 4) is 11.1 Å². The van der Waals surface area contributed by atoms with Crippen molar-refractivity contribution in [3.05, 3.63) is 89.5 Å². The quantitative estimate of drug-likeness (QED) is 0.339. The van der Waals surface area contributed by atoms with Crippen molar-refractivity contribution in [2.24, 2.45) is 5.92 Å². The van der Waals surface area contributed by atoms with Crippen LogP contribution in [0.2, 0.25) is 0 Å². The second-order valence-corrected chi connectivity index (χ2v) is 12.9. The molecule has 0 fully saturated rings. The van der Waals surface area contributed by atoms with Crippen LogP contribution in [0.1, 0.15) is 41.8 Å². The summed E-state index contributed by atoms with van der Waals surface area (Å²) < 4.78 is 27.4. The van der Waals surface area contributed by atoms with E-state index in [0.717, 1.165) is 19.3 Å². The number of hydrogen-bond donors (Lipinski definition) is 3. The van der Waals surface area contributed by atoms with E-state index in [1.165, 1.54) is 40.7 Å². The standard InChI is InChI=1S/C30H36N2O5S/c1-30(2,18-21-15-23-7-4-5-8-24(23)16-21)31-19-27(33)20-32(3)38(36,37)28-13-11-22(12-14-28)25-9-6-10-26(17-25)29(34)35/h4-14,17,21,27,31,33H,15-16,18-20H2,1-3H3,(H,34,35)/t27-/m1/s1. The summed E-state index contributed by atoms with van der Waals surface area (Å²) >= 11 is 0. The molecule has 0 unspecified atom stereocenters. The van der Waals surface area contributed by atoms with Crippen molar-refractivity contribution in [1.29, 1.82) is 0 Å². The van der Waals surface area contributed by atoms with Gasteiger partial charge in [0.1, 0.15) is 0 Å². The molecule has 3 aromatic rings. The summed E-state index contributed by atoms with van der Waals surface area (Å²) in [5, 5.41) is 23.3. The third-order valence-electron chi connectivity index (χ3n) is 7.22. The van der Waals surface area contributed by atoms with Crippen LogP contribution in [0.4, 0.5) is 0 Å². The fraction of sp³-hybridized carbons (Fsp3) is 0.367. The molecule has 0 aromatic heterocycles. The normalized spacial score (nSPS) is 15.0. The average Bonchev–Trinajstić information content (AvgIpc) is 3.29. The summed E-state index contributed by atoms with van der Waals surface area (Å²) in [6, 6.07) is 21.4. The first-order chi connectivity index (χ1) is 17.9.